The normalized spacial score (nSPS) is 14.1. The predicted molar refractivity (Wildman–Crippen MR) is 74.4 cm³/mol. The average molecular weight is 252 g/mol. The molecule has 0 aliphatic rings. The topological polar surface area (TPSA) is 46.2 Å². The van der Waals surface area contributed by atoms with E-state index in [1.165, 1.54) is 5.39 Å². The molecule has 3 N–H and O–H groups in total. The number of aliphatic hydroxyl groups excluding tert-OH is 1. The maximum atomic E-state index is 9.81. The number of benzene rings is 2. The molecule has 92 valence electrons. The molecule has 0 amide bonds. The van der Waals surface area contributed by atoms with E-state index in [4.69, 9.17) is 5.73 Å². The summed E-state index contributed by atoms with van der Waals surface area (Å²) >= 11 is 0. The van der Waals surface area contributed by atoms with E-state index in [0.29, 0.717) is 6.42 Å². The molecule has 0 saturated heterocycles. The fourth-order valence-corrected chi connectivity index (χ4v) is 2.00. The Kier molecular flexibility index (Phi) is 4.94. The maximum Gasteiger partial charge on any atom is 0.0730 e. The third kappa shape index (κ3) is 2.78. The fourth-order valence-electron chi connectivity index (χ4n) is 2.00. The smallest absolute Gasteiger partial charge is 0.0730 e. The largest absolute Gasteiger partial charge is 0.391 e. The molecule has 0 spiro atoms. The second-order valence-electron chi connectivity index (χ2n) is 4.07. The Morgan fingerprint density at radius 2 is 1.76 bits per heavy atom. The minimum atomic E-state index is -0.481. The molecule has 2 rings (SSSR count). The lowest BCUT2D eigenvalue weighted by Gasteiger charge is -2.19. The molecular weight excluding hydrogens is 234 g/mol. The van der Waals surface area contributed by atoms with E-state index < -0.39 is 6.10 Å². The van der Waals surface area contributed by atoms with Crippen LogP contribution >= 0.6 is 12.4 Å². The fraction of sp³-hybridized carbons (Fsp3) is 0.286. The molecule has 0 heterocycles. The van der Waals surface area contributed by atoms with Gasteiger partial charge in [-0.1, -0.05) is 49.4 Å². The van der Waals surface area contributed by atoms with Gasteiger partial charge in [-0.3, -0.25) is 0 Å². The molecule has 0 aliphatic heterocycles. The van der Waals surface area contributed by atoms with Gasteiger partial charge in [-0.25, -0.2) is 0 Å². The number of aliphatic hydroxyl groups is 1. The van der Waals surface area contributed by atoms with E-state index in [1.54, 1.807) is 0 Å². The van der Waals surface area contributed by atoms with Crippen LogP contribution in [0.3, 0.4) is 0 Å². The van der Waals surface area contributed by atoms with Crippen molar-refractivity contribution in [2.45, 2.75) is 25.5 Å². The zero-order valence-corrected chi connectivity index (χ0v) is 10.7. The first-order valence-electron chi connectivity index (χ1n) is 5.65. The van der Waals surface area contributed by atoms with Gasteiger partial charge in [0, 0.05) is 0 Å². The lowest BCUT2D eigenvalue weighted by molar-refractivity contribution is 0.141. The third-order valence-electron chi connectivity index (χ3n) is 3.02. The zero-order chi connectivity index (χ0) is 11.5. The molecule has 0 bridgehead atoms. The van der Waals surface area contributed by atoms with E-state index >= 15 is 0 Å². The average Bonchev–Trinajstić information content (AvgIpc) is 2.36. The van der Waals surface area contributed by atoms with Crippen LogP contribution < -0.4 is 5.73 Å². The Morgan fingerprint density at radius 1 is 1.12 bits per heavy atom. The molecule has 0 saturated carbocycles. The van der Waals surface area contributed by atoms with Gasteiger partial charge in [-0.15, -0.1) is 12.4 Å². The van der Waals surface area contributed by atoms with Crippen LogP contribution in [0.5, 0.6) is 0 Å². The van der Waals surface area contributed by atoms with Gasteiger partial charge in [-0.05, 0) is 22.8 Å². The van der Waals surface area contributed by atoms with Crippen molar-refractivity contribution in [2.75, 3.05) is 0 Å². The summed E-state index contributed by atoms with van der Waals surface area (Å²) in [5.41, 5.74) is 7.09. The molecule has 2 nitrogen and oxygen atoms in total. The van der Waals surface area contributed by atoms with Crippen LogP contribution in [-0.2, 0) is 0 Å². The van der Waals surface area contributed by atoms with Gasteiger partial charge >= 0.3 is 0 Å². The number of rotatable bonds is 3. The number of fused-ring (bicyclic) bond motifs is 1. The van der Waals surface area contributed by atoms with Crippen LogP contribution in [0.15, 0.2) is 42.5 Å². The Morgan fingerprint density at radius 3 is 2.47 bits per heavy atom. The van der Waals surface area contributed by atoms with Crippen LogP contribution in [0.4, 0.5) is 0 Å². The third-order valence-corrected chi connectivity index (χ3v) is 3.02. The zero-order valence-electron chi connectivity index (χ0n) is 9.84. The molecule has 0 unspecified atom stereocenters. The van der Waals surface area contributed by atoms with Crippen molar-refractivity contribution < 1.29 is 5.11 Å². The number of hydrogen-bond acceptors (Lipinski definition) is 2. The second-order valence-corrected chi connectivity index (χ2v) is 4.07. The number of nitrogens with two attached hydrogens (primary N) is 1. The van der Waals surface area contributed by atoms with Crippen LogP contribution in [0.25, 0.3) is 10.8 Å². The number of halogens is 1. The summed E-state index contributed by atoms with van der Waals surface area (Å²) in [4.78, 5) is 0. The SMILES string of the molecule is CC[C@@H](O)[C@@H](N)c1cccc2ccccc12.Cl. The summed E-state index contributed by atoms with van der Waals surface area (Å²) < 4.78 is 0. The second kappa shape index (κ2) is 6.01. The van der Waals surface area contributed by atoms with Gasteiger partial charge in [0.05, 0.1) is 12.1 Å². The molecule has 0 aliphatic carbocycles. The van der Waals surface area contributed by atoms with Gasteiger partial charge in [0.25, 0.3) is 0 Å². The Labute approximate surface area is 108 Å². The summed E-state index contributed by atoms with van der Waals surface area (Å²) in [6.45, 7) is 1.94. The van der Waals surface area contributed by atoms with Crippen LogP contribution in [-0.4, -0.2) is 11.2 Å². The van der Waals surface area contributed by atoms with Gasteiger partial charge in [-0.2, -0.15) is 0 Å². The minimum absolute atomic E-state index is 0. The van der Waals surface area contributed by atoms with Crippen molar-refractivity contribution in [3.8, 4) is 0 Å². The van der Waals surface area contributed by atoms with Crippen LogP contribution in [0, 0.1) is 0 Å². The van der Waals surface area contributed by atoms with Crippen molar-refractivity contribution in [1.82, 2.24) is 0 Å². The quantitative estimate of drug-likeness (QED) is 0.881. The molecule has 2 atom stereocenters. The van der Waals surface area contributed by atoms with Crippen LogP contribution in [0.2, 0.25) is 0 Å². The maximum absolute atomic E-state index is 9.81. The summed E-state index contributed by atoms with van der Waals surface area (Å²) in [5, 5.41) is 12.1. The van der Waals surface area contributed by atoms with Crippen molar-refractivity contribution in [3.05, 3.63) is 48.0 Å². The lowest BCUT2D eigenvalue weighted by Crippen LogP contribution is -2.25. The summed E-state index contributed by atoms with van der Waals surface area (Å²) in [6, 6.07) is 13.8. The Hall–Kier alpha value is -1.09. The highest BCUT2D eigenvalue weighted by Gasteiger charge is 2.16. The Bertz CT molecular complexity index is 481. The highest BCUT2D eigenvalue weighted by molar-refractivity contribution is 5.86. The first-order valence-corrected chi connectivity index (χ1v) is 5.65. The Balaban J connectivity index is 0.00000144. The number of hydrogen-bond donors (Lipinski definition) is 2. The van der Waals surface area contributed by atoms with Crippen LogP contribution in [0.1, 0.15) is 24.9 Å². The molecule has 0 aromatic heterocycles. The standard InChI is InChI=1S/C14H17NO.ClH/c1-2-13(16)14(15)12-9-5-7-10-6-3-4-8-11(10)12;/h3-9,13-14,16H,2,15H2,1H3;1H/t13-,14+;/m1./s1. The van der Waals surface area contributed by atoms with E-state index in [2.05, 4.69) is 12.1 Å². The first-order chi connectivity index (χ1) is 7.74. The molecule has 0 radical (unpaired) electrons. The van der Waals surface area contributed by atoms with Crippen molar-refractivity contribution in [2.24, 2.45) is 5.73 Å². The van der Waals surface area contributed by atoms with E-state index in [-0.39, 0.29) is 18.4 Å². The predicted octanol–water partition coefficient (Wildman–Crippen LogP) is 3.03. The van der Waals surface area contributed by atoms with E-state index in [9.17, 15) is 5.11 Å². The van der Waals surface area contributed by atoms with Crippen molar-refractivity contribution in [1.29, 1.82) is 0 Å². The van der Waals surface area contributed by atoms with E-state index in [1.807, 2.05) is 37.3 Å². The first kappa shape index (κ1) is 14.0. The molecule has 2 aromatic rings. The summed E-state index contributed by atoms with van der Waals surface area (Å²) in [6.07, 6.45) is 0.190. The van der Waals surface area contributed by atoms with Gasteiger partial charge in [0.2, 0.25) is 0 Å². The molecule has 2 aromatic carbocycles. The van der Waals surface area contributed by atoms with Crippen molar-refractivity contribution >= 4 is 23.2 Å². The molecular formula is C14H18ClNO. The minimum Gasteiger partial charge on any atom is -0.391 e. The molecule has 17 heavy (non-hydrogen) atoms. The molecule has 0 fully saturated rings. The highest BCUT2D eigenvalue weighted by atomic mass is 35.5. The summed E-state index contributed by atoms with van der Waals surface area (Å²) in [7, 11) is 0. The van der Waals surface area contributed by atoms with Gasteiger partial charge in [0.15, 0.2) is 0 Å². The van der Waals surface area contributed by atoms with Gasteiger partial charge in [0.1, 0.15) is 0 Å². The summed E-state index contributed by atoms with van der Waals surface area (Å²) in [5.74, 6) is 0. The van der Waals surface area contributed by atoms with Gasteiger partial charge < -0.3 is 10.8 Å². The highest BCUT2D eigenvalue weighted by Crippen LogP contribution is 2.25. The monoisotopic (exact) mass is 251 g/mol. The lowest BCUT2D eigenvalue weighted by atomic mass is 9.95. The van der Waals surface area contributed by atoms with E-state index in [0.717, 1.165) is 10.9 Å². The molecule has 3 heteroatoms. The van der Waals surface area contributed by atoms with Crippen molar-refractivity contribution in [3.63, 3.8) is 0 Å².